The number of unbranched alkanes of at least 4 members (excludes halogenated alkanes) is 4. The highest BCUT2D eigenvalue weighted by Gasteiger charge is 2.13. The zero-order valence-corrected chi connectivity index (χ0v) is 18.5. The van der Waals surface area contributed by atoms with E-state index >= 15 is 0 Å². The van der Waals surface area contributed by atoms with E-state index in [9.17, 15) is 9.90 Å². The van der Waals surface area contributed by atoms with E-state index in [-0.39, 0.29) is 5.56 Å². The number of pyridine rings is 1. The molecular formula is C25H32N4O2. The number of nitrogens with zero attached hydrogens (tertiary/aromatic N) is 4. The van der Waals surface area contributed by atoms with Gasteiger partial charge in [-0.1, -0.05) is 63.8 Å². The fraction of sp³-hybridized carbons (Fsp3) is 0.440. The molecule has 0 saturated carbocycles. The first-order valence-electron chi connectivity index (χ1n) is 11.3. The molecular weight excluding hydrogens is 388 g/mol. The van der Waals surface area contributed by atoms with Crippen molar-refractivity contribution in [2.45, 2.75) is 71.8 Å². The third-order valence-corrected chi connectivity index (χ3v) is 5.40. The normalized spacial score (nSPS) is 11.0. The monoisotopic (exact) mass is 420 g/mol. The van der Waals surface area contributed by atoms with Gasteiger partial charge in [0.05, 0.1) is 5.56 Å². The molecule has 0 aliphatic rings. The molecule has 164 valence electrons. The molecule has 0 bridgehead atoms. The summed E-state index contributed by atoms with van der Waals surface area (Å²) in [6.07, 6.45) is 10.2. The van der Waals surface area contributed by atoms with Crippen LogP contribution in [0.2, 0.25) is 0 Å². The van der Waals surface area contributed by atoms with Gasteiger partial charge < -0.3 is 5.11 Å². The van der Waals surface area contributed by atoms with Crippen molar-refractivity contribution < 1.29 is 9.90 Å². The SMILES string of the molecule is CCCCCc1nc(Cc2ccc(-c3ccccc3C(=O)O)cn2)n(CCCCC)n1. The van der Waals surface area contributed by atoms with Gasteiger partial charge in [0.15, 0.2) is 5.82 Å². The fourth-order valence-electron chi connectivity index (χ4n) is 3.66. The van der Waals surface area contributed by atoms with Crippen molar-refractivity contribution in [2.24, 2.45) is 0 Å². The Morgan fingerprint density at radius 3 is 2.48 bits per heavy atom. The Hall–Kier alpha value is -3.02. The van der Waals surface area contributed by atoms with Crippen LogP contribution >= 0.6 is 0 Å². The molecule has 0 spiro atoms. The smallest absolute Gasteiger partial charge is 0.336 e. The summed E-state index contributed by atoms with van der Waals surface area (Å²) in [5, 5.41) is 14.2. The van der Waals surface area contributed by atoms with Crippen LogP contribution in [0.4, 0.5) is 0 Å². The quantitative estimate of drug-likeness (QED) is 0.388. The van der Waals surface area contributed by atoms with Crippen molar-refractivity contribution in [2.75, 3.05) is 0 Å². The van der Waals surface area contributed by atoms with Crippen LogP contribution in [0.1, 0.15) is 80.1 Å². The van der Waals surface area contributed by atoms with E-state index in [1.807, 2.05) is 28.9 Å². The lowest BCUT2D eigenvalue weighted by molar-refractivity contribution is 0.0697. The maximum atomic E-state index is 11.5. The van der Waals surface area contributed by atoms with Crippen molar-refractivity contribution in [1.82, 2.24) is 19.7 Å². The van der Waals surface area contributed by atoms with E-state index in [1.165, 1.54) is 25.7 Å². The van der Waals surface area contributed by atoms with Gasteiger partial charge in [-0.15, -0.1) is 0 Å². The minimum Gasteiger partial charge on any atom is -0.478 e. The number of benzene rings is 1. The third kappa shape index (κ3) is 6.23. The van der Waals surface area contributed by atoms with E-state index in [4.69, 9.17) is 10.1 Å². The molecule has 6 heteroatoms. The molecule has 3 aromatic rings. The average molecular weight is 421 g/mol. The van der Waals surface area contributed by atoms with Crippen LogP contribution in [0, 0.1) is 0 Å². The predicted octanol–water partition coefficient (Wildman–Crippen LogP) is 5.55. The van der Waals surface area contributed by atoms with Gasteiger partial charge in [-0.05, 0) is 30.5 Å². The maximum absolute atomic E-state index is 11.5. The molecule has 0 amide bonds. The van der Waals surface area contributed by atoms with E-state index in [1.54, 1.807) is 18.3 Å². The van der Waals surface area contributed by atoms with Crippen molar-refractivity contribution >= 4 is 5.97 Å². The van der Waals surface area contributed by atoms with Crippen molar-refractivity contribution in [1.29, 1.82) is 0 Å². The summed E-state index contributed by atoms with van der Waals surface area (Å²) < 4.78 is 2.05. The average Bonchev–Trinajstić information content (AvgIpc) is 3.16. The van der Waals surface area contributed by atoms with Gasteiger partial charge in [-0.25, -0.2) is 14.5 Å². The molecule has 1 N–H and O–H groups in total. The van der Waals surface area contributed by atoms with E-state index in [0.717, 1.165) is 48.7 Å². The van der Waals surface area contributed by atoms with Gasteiger partial charge in [-0.3, -0.25) is 4.98 Å². The minimum absolute atomic E-state index is 0.282. The Balaban J connectivity index is 1.77. The number of carboxylic acids is 1. The van der Waals surface area contributed by atoms with Gasteiger partial charge in [0.25, 0.3) is 0 Å². The molecule has 3 rings (SSSR count). The van der Waals surface area contributed by atoms with Crippen LogP contribution in [0.3, 0.4) is 0 Å². The molecule has 6 nitrogen and oxygen atoms in total. The molecule has 2 aromatic heterocycles. The van der Waals surface area contributed by atoms with E-state index in [2.05, 4.69) is 18.8 Å². The van der Waals surface area contributed by atoms with Gasteiger partial charge in [-0.2, -0.15) is 5.10 Å². The summed E-state index contributed by atoms with van der Waals surface area (Å²) in [5.41, 5.74) is 2.66. The van der Waals surface area contributed by atoms with Gasteiger partial charge in [0, 0.05) is 36.8 Å². The Kier molecular flexibility index (Phi) is 8.33. The molecule has 2 heterocycles. The summed E-state index contributed by atoms with van der Waals surface area (Å²) in [4.78, 5) is 20.9. The Morgan fingerprint density at radius 1 is 1.00 bits per heavy atom. The van der Waals surface area contributed by atoms with Gasteiger partial charge >= 0.3 is 5.97 Å². The lowest BCUT2D eigenvalue weighted by Crippen LogP contribution is -2.07. The number of rotatable bonds is 12. The first kappa shape index (κ1) is 22.7. The fourth-order valence-corrected chi connectivity index (χ4v) is 3.66. The summed E-state index contributed by atoms with van der Waals surface area (Å²) in [6.45, 7) is 5.28. The topological polar surface area (TPSA) is 80.9 Å². The highest BCUT2D eigenvalue weighted by atomic mass is 16.4. The molecule has 0 radical (unpaired) electrons. The third-order valence-electron chi connectivity index (χ3n) is 5.40. The van der Waals surface area contributed by atoms with Crippen LogP contribution in [0.25, 0.3) is 11.1 Å². The van der Waals surface area contributed by atoms with E-state index in [0.29, 0.717) is 12.0 Å². The summed E-state index contributed by atoms with van der Waals surface area (Å²) in [5.74, 6) is 0.941. The second-order valence-corrected chi connectivity index (χ2v) is 7.90. The lowest BCUT2D eigenvalue weighted by atomic mass is 10.0. The molecule has 1 aromatic carbocycles. The van der Waals surface area contributed by atoms with Crippen LogP contribution in [-0.2, 0) is 19.4 Å². The second kappa shape index (κ2) is 11.4. The molecule has 0 atom stereocenters. The van der Waals surface area contributed by atoms with Crippen molar-refractivity contribution in [3.05, 3.63) is 65.5 Å². The number of aromatic carboxylic acids is 1. The van der Waals surface area contributed by atoms with Gasteiger partial charge in [0.1, 0.15) is 5.82 Å². The molecule has 0 aliphatic carbocycles. The summed E-state index contributed by atoms with van der Waals surface area (Å²) >= 11 is 0. The van der Waals surface area contributed by atoms with Crippen LogP contribution in [-0.4, -0.2) is 30.8 Å². The summed E-state index contributed by atoms with van der Waals surface area (Å²) in [7, 11) is 0. The number of carboxylic acid groups (broad SMARTS) is 1. The molecule has 0 fully saturated rings. The first-order valence-corrected chi connectivity index (χ1v) is 11.3. The first-order chi connectivity index (χ1) is 15.1. The summed E-state index contributed by atoms with van der Waals surface area (Å²) in [6, 6.07) is 10.9. The number of carbonyl (C=O) groups is 1. The Labute approximate surface area is 184 Å². The zero-order chi connectivity index (χ0) is 22.1. The molecule has 0 unspecified atom stereocenters. The predicted molar refractivity (Wildman–Crippen MR) is 122 cm³/mol. The Morgan fingerprint density at radius 2 is 1.77 bits per heavy atom. The maximum Gasteiger partial charge on any atom is 0.336 e. The number of hydrogen-bond donors (Lipinski definition) is 1. The second-order valence-electron chi connectivity index (χ2n) is 7.90. The Bertz CT molecular complexity index is 979. The van der Waals surface area contributed by atoms with Gasteiger partial charge in [0.2, 0.25) is 0 Å². The lowest BCUT2D eigenvalue weighted by Gasteiger charge is -2.08. The van der Waals surface area contributed by atoms with Crippen molar-refractivity contribution in [3.8, 4) is 11.1 Å². The minimum atomic E-state index is -0.935. The number of hydrogen-bond acceptors (Lipinski definition) is 4. The number of aromatic nitrogens is 4. The van der Waals surface area contributed by atoms with Crippen LogP contribution in [0.5, 0.6) is 0 Å². The van der Waals surface area contributed by atoms with Crippen LogP contribution < -0.4 is 0 Å². The van der Waals surface area contributed by atoms with Crippen molar-refractivity contribution in [3.63, 3.8) is 0 Å². The van der Waals surface area contributed by atoms with Crippen LogP contribution in [0.15, 0.2) is 42.6 Å². The van der Waals surface area contributed by atoms with E-state index < -0.39 is 5.97 Å². The molecule has 31 heavy (non-hydrogen) atoms. The standard InChI is InChI=1S/C25H32N4O2/c1-3-5-7-13-23-27-24(29(28-23)16-10-6-4-2)17-20-15-14-19(18-26-20)21-11-8-9-12-22(21)25(30)31/h8-9,11-12,14-15,18H,3-7,10,13,16-17H2,1-2H3,(H,30,31). The largest absolute Gasteiger partial charge is 0.478 e. The highest BCUT2D eigenvalue weighted by Crippen LogP contribution is 2.23. The number of aryl methyl sites for hydroxylation is 2. The molecule has 0 aliphatic heterocycles. The zero-order valence-electron chi connectivity index (χ0n) is 18.5. The molecule has 0 saturated heterocycles. The highest BCUT2D eigenvalue weighted by molar-refractivity contribution is 5.95.